The van der Waals surface area contributed by atoms with Gasteiger partial charge in [-0.25, -0.2) is 13.4 Å². The number of benzene rings is 2. The maximum Gasteiger partial charge on any atom is 0.246 e. The molecular formula is C28H27BrCl3N5O5S. The maximum atomic E-state index is 12.9. The molecule has 4 aromatic rings. The van der Waals surface area contributed by atoms with Crippen LogP contribution in [0.2, 0.25) is 10.0 Å². The molecule has 2 amide bonds. The predicted molar refractivity (Wildman–Crippen MR) is 176 cm³/mol. The van der Waals surface area contributed by atoms with Gasteiger partial charge in [0.05, 0.1) is 29.2 Å². The van der Waals surface area contributed by atoms with Gasteiger partial charge in [-0.15, -0.1) is 12.4 Å². The molecule has 0 aliphatic heterocycles. The number of hydrogen-bond acceptors (Lipinski definition) is 6. The molecule has 0 radical (unpaired) electrons. The number of ether oxygens (including phenoxy) is 1. The number of rotatable bonds is 10. The molecule has 0 bridgehead atoms. The fourth-order valence-electron chi connectivity index (χ4n) is 3.89. The molecule has 2 aromatic carbocycles. The van der Waals surface area contributed by atoms with Gasteiger partial charge in [-0.1, -0.05) is 35.3 Å². The zero-order valence-electron chi connectivity index (χ0n) is 23.1. The minimum Gasteiger partial charge on any atom is -0.485 e. The molecule has 4 rings (SSSR count). The second kappa shape index (κ2) is 14.5. The summed E-state index contributed by atoms with van der Waals surface area (Å²) in [4.78, 5) is 31.0. The van der Waals surface area contributed by atoms with E-state index in [2.05, 4.69) is 31.0 Å². The number of aromatic nitrogens is 2. The number of pyridine rings is 1. The number of sulfonamides is 1. The number of carbonyl (C=O) groups excluding carboxylic acids is 2. The van der Waals surface area contributed by atoms with Gasteiger partial charge in [-0.2, -0.15) is 0 Å². The summed E-state index contributed by atoms with van der Waals surface area (Å²) in [5.41, 5.74) is 3.40. The Labute approximate surface area is 273 Å². The van der Waals surface area contributed by atoms with Crippen LogP contribution in [-0.4, -0.2) is 49.5 Å². The van der Waals surface area contributed by atoms with Crippen LogP contribution >= 0.6 is 51.5 Å². The molecular weight excluding hydrogens is 705 g/mol. The molecule has 228 valence electrons. The van der Waals surface area contributed by atoms with Crippen LogP contribution in [0, 0.1) is 6.92 Å². The molecule has 2 aromatic heterocycles. The molecule has 43 heavy (non-hydrogen) atoms. The first kappa shape index (κ1) is 34.2. The normalized spacial score (nSPS) is 11.3. The van der Waals surface area contributed by atoms with E-state index in [9.17, 15) is 18.0 Å². The van der Waals surface area contributed by atoms with Crippen LogP contribution in [0.5, 0.6) is 5.75 Å². The minimum absolute atomic E-state index is 0. The van der Waals surface area contributed by atoms with Gasteiger partial charge < -0.3 is 15.0 Å². The van der Waals surface area contributed by atoms with Gasteiger partial charge in [0.15, 0.2) is 11.4 Å². The van der Waals surface area contributed by atoms with Crippen LogP contribution in [0.3, 0.4) is 0 Å². The number of halogens is 4. The number of nitrogens with one attached hydrogen (secondary N) is 2. The fourth-order valence-corrected chi connectivity index (χ4v) is 5.43. The molecule has 0 spiro atoms. The summed E-state index contributed by atoms with van der Waals surface area (Å²) in [5.74, 6) is -0.363. The van der Waals surface area contributed by atoms with Gasteiger partial charge in [0.2, 0.25) is 21.8 Å². The number of fused-ring (bicyclic) bond motifs is 1. The van der Waals surface area contributed by atoms with Crippen LogP contribution in [0.15, 0.2) is 65.4 Å². The Morgan fingerprint density at radius 2 is 1.84 bits per heavy atom. The molecule has 0 saturated carbocycles. The highest BCUT2D eigenvalue weighted by molar-refractivity contribution is 9.10. The van der Waals surface area contributed by atoms with Gasteiger partial charge in [-0.05, 0) is 70.9 Å². The molecule has 2 N–H and O–H groups in total. The lowest BCUT2D eigenvalue weighted by Gasteiger charge is -2.21. The average molecular weight is 732 g/mol. The Morgan fingerprint density at radius 3 is 2.51 bits per heavy atom. The largest absolute Gasteiger partial charge is 0.485 e. The summed E-state index contributed by atoms with van der Waals surface area (Å²) < 4.78 is 33.7. The van der Waals surface area contributed by atoms with Crippen molar-refractivity contribution in [3.8, 4) is 5.75 Å². The summed E-state index contributed by atoms with van der Waals surface area (Å²) >= 11 is 16.6. The summed E-state index contributed by atoms with van der Waals surface area (Å²) in [7, 11) is -1.84. The first-order valence-corrected chi connectivity index (χ1v) is 15.8. The molecule has 15 heteroatoms. The third kappa shape index (κ3) is 8.64. The van der Waals surface area contributed by atoms with Crippen molar-refractivity contribution in [3.63, 3.8) is 0 Å². The number of aryl methyl sites for hydroxylation is 1. The smallest absolute Gasteiger partial charge is 0.246 e. The van der Waals surface area contributed by atoms with E-state index in [1.807, 2.05) is 23.6 Å². The molecule has 0 aliphatic carbocycles. The van der Waals surface area contributed by atoms with Crippen LogP contribution < -0.4 is 19.7 Å². The monoisotopic (exact) mass is 729 g/mol. The SMILES string of the molecule is Cc1nc2c(OCc3c(Cl)ccc(N(C)C(=O)CNC(=O)C=Cc4ccc(NS(C)(=O)=O)cc4)c3Cl)cccn2c1Br.Cl. The Hall–Kier alpha value is -3.29. The zero-order valence-corrected chi connectivity index (χ0v) is 27.8. The van der Waals surface area contributed by atoms with Crippen LogP contribution in [0.25, 0.3) is 11.7 Å². The molecule has 10 nitrogen and oxygen atoms in total. The van der Waals surface area contributed by atoms with E-state index in [1.165, 1.54) is 11.0 Å². The summed E-state index contributed by atoms with van der Waals surface area (Å²) in [6.45, 7) is 1.63. The van der Waals surface area contributed by atoms with E-state index in [-0.39, 0.29) is 30.6 Å². The summed E-state index contributed by atoms with van der Waals surface area (Å²) in [6.07, 6.45) is 5.74. The third-order valence-corrected chi connectivity index (χ3v) is 8.38. The van der Waals surface area contributed by atoms with Gasteiger partial charge in [0, 0.05) is 35.6 Å². The Morgan fingerprint density at radius 1 is 1.14 bits per heavy atom. The average Bonchev–Trinajstić information content (AvgIpc) is 3.23. The van der Waals surface area contributed by atoms with E-state index < -0.39 is 21.8 Å². The van der Waals surface area contributed by atoms with Gasteiger partial charge in [0.25, 0.3) is 0 Å². The van der Waals surface area contributed by atoms with Crippen molar-refractivity contribution in [1.82, 2.24) is 14.7 Å². The number of anilines is 2. The molecule has 0 saturated heterocycles. The lowest BCUT2D eigenvalue weighted by Crippen LogP contribution is -2.37. The third-order valence-electron chi connectivity index (χ3n) is 6.04. The topological polar surface area (TPSA) is 122 Å². The van der Waals surface area contributed by atoms with Crippen LogP contribution in [-0.2, 0) is 26.2 Å². The van der Waals surface area contributed by atoms with E-state index in [0.717, 1.165) is 16.6 Å². The summed E-state index contributed by atoms with van der Waals surface area (Å²) in [6, 6.07) is 13.3. The number of amides is 2. The quantitative estimate of drug-likeness (QED) is 0.197. The highest BCUT2D eigenvalue weighted by Gasteiger charge is 2.20. The first-order chi connectivity index (χ1) is 19.8. The second-order valence-corrected chi connectivity index (χ2v) is 12.5. The van der Waals surface area contributed by atoms with E-state index >= 15 is 0 Å². The highest BCUT2D eigenvalue weighted by atomic mass is 79.9. The van der Waals surface area contributed by atoms with Crippen molar-refractivity contribution in [2.75, 3.05) is 29.5 Å². The van der Waals surface area contributed by atoms with Crippen molar-refractivity contribution in [2.24, 2.45) is 0 Å². The highest BCUT2D eigenvalue weighted by Crippen LogP contribution is 2.35. The number of likely N-dealkylation sites (N-methyl/N-ethyl adjacent to an activating group) is 1. The van der Waals surface area contributed by atoms with E-state index in [0.29, 0.717) is 38.9 Å². The zero-order chi connectivity index (χ0) is 30.6. The Balaban J connectivity index is 0.00000506. The molecule has 2 heterocycles. The van der Waals surface area contributed by atoms with Crippen molar-refractivity contribution in [2.45, 2.75) is 13.5 Å². The van der Waals surface area contributed by atoms with Gasteiger partial charge in [0.1, 0.15) is 11.2 Å². The molecule has 0 aliphatic rings. The minimum atomic E-state index is -3.38. The number of carbonyl (C=O) groups is 2. The number of hydrogen-bond donors (Lipinski definition) is 2. The van der Waals surface area contributed by atoms with Crippen molar-refractivity contribution >= 4 is 96.5 Å². The maximum absolute atomic E-state index is 12.9. The van der Waals surface area contributed by atoms with E-state index in [4.69, 9.17) is 27.9 Å². The Kier molecular flexibility index (Phi) is 11.5. The molecule has 0 fully saturated rings. The van der Waals surface area contributed by atoms with Crippen LogP contribution in [0.1, 0.15) is 16.8 Å². The van der Waals surface area contributed by atoms with Gasteiger partial charge in [-0.3, -0.25) is 18.7 Å². The summed E-state index contributed by atoms with van der Waals surface area (Å²) in [5, 5.41) is 3.16. The number of imidazole rings is 1. The Bertz CT molecular complexity index is 1800. The first-order valence-electron chi connectivity index (χ1n) is 12.4. The van der Waals surface area contributed by atoms with Crippen molar-refractivity contribution in [3.05, 3.63) is 92.3 Å². The molecule has 0 unspecified atom stereocenters. The van der Waals surface area contributed by atoms with E-state index in [1.54, 1.807) is 55.6 Å². The lowest BCUT2D eigenvalue weighted by atomic mass is 10.2. The number of nitrogens with zero attached hydrogens (tertiary/aromatic N) is 3. The fraction of sp³-hybridized carbons (Fsp3) is 0.179. The molecule has 0 atom stereocenters. The van der Waals surface area contributed by atoms with Crippen molar-refractivity contribution in [1.29, 1.82) is 0 Å². The van der Waals surface area contributed by atoms with Crippen LogP contribution in [0.4, 0.5) is 11.4 Å². The standard InChI is InChI=1S/C28H26BrCl2N5O5S.ClH/c1-17-27(29)36-14-4-5-23(28(36)33-17)41-16-20-21(30)11-12-22(26(20)31)35(2)25(38)15-32-24(37)13-8-18-6-9-19(10-7-18)34-42(3,39)40;/h4-14,34H,15-16H2,1-3H3,(H,32,37);1H. The predicted octanol–water partition coefficient (Wildman–Crippen LogP) is 5.88. The second-order valence-electron chi connectivity index (χ2n) is 9.20. The van der Waals surface area contributed by atoms with Crippen molar-refractivity contribution < 1.29 is 22.7 Å². The lowest BCUT2D eigenvalue weighted by molar-refractivity contribution is -0.122. The van der Waals surface area contributed by atoms with Gasteiger partial charge >= 0.3 is 0 Å².